The van der Waals surface area contributed by atoms with E-state index in [0.29, 0.717) is 0 Å². The lowest BCUT2D eigenvalue weighted by Gasteiger charge is -2.50. The Bertz CT molecular complexity index is 3430. The molecule has 1 spiro atoms. The molecule has 0 fully saturated rings. The van der Waals surface area contributed by atoms with Gasteiger partial charge in [0.2, 0.25) is 0 Å². The number of rotatable bonds is 3. The van der Waals surface area contributed by atoms with Gasteiger partial charge in [-0.25, -0.2) is 0 Å². The third-order valence-electron chi connectivity index (χ3n) is 12.9. The lowest BCUT2D eigenvalue weighted by molar-refractivity contribution is 0.590. The van der Waals surface area contributed by atoms with Gasteiger partial charge in [0, 0.05) is 57.3 Å². The number of nitrogens with zero attached hydrogens (tertiary/aromatic N) is 2. The van der Waals surface area contributed by atoms with Gasteiger partial charge in [-0.1, -0.05) is 151 Å². The van der Waals surface area contributed by atoms with Gasteiger partial charge < -0.3 is 14.4 Å². The van der Waals surface area contributed by atoms with Gasteiger partial charge in [0.25, 0.3) is 0 Å². The Morgan fingerprint density at radius 1 is 0.393 bits per heavy atom. The number of benzene rings is 9. The van der Waals surface area contributed by atoms with Crippen LogP contribution in [0, 0.1) is 0 Å². The normalized spacial score (nSPS) is 18.2. The highest BCUT2D eigenvalue weighted by Crippen LogP contribution is 2.64. The molecule has 3 aliphatic rings. The average molecular weight is 835 g/mol. The molecule has 2 unspecified atom stereocenters. The van der Waals surface area contributed by atoms with Crippen LogP contribution in [-0.4, -0.2) is 0 Å². The van der Waals surface area contributed by atoms with E-state index in [-0.39, 0.29) is 0 Å². The Labute approximate surface area is 362 Å². The third-order valence-corrected chi connectivity index (χ3v) is 18.3. The lowest BCUT2D eigenvalue weighted by Crippen LogP contribution is -2.49. The molecule has 0 radical (unpaired) electrons. The summed E-state index contributed by atoms with van der Waals surface area (Å²) in [5.41, 5.74) is 10.3. The molecule has 0 N–H and O–H groups in total. The second kappa shape index (κ2) is 13.2. The molecule has 288 valence electrons. The number of para-hydroxylation sites is 4. The zero-order chi connectivity index (χ0) is 40.3. The molecule has 2 atom stereocenters. The summed E-state index contributed by atoms with van der Waals surface area (Å²) >= 11 is 3.61. The van der Waals surface area contributed by atoms with Gasteiger partial charge in [0.1, 0.15) is 0 Å². The fourth-order valence-corrected chi connectivity index (χ4v) is 15.9. The van der Waals surface area contributed by atoms with Crippen LogP contribution in [0.4, 0.5) is 34.1 Å². The highest BCUT2D eigenvalue weighted by molar-refractivity contribution is 7.99. The highest BCUT2D eigenvalue weighted by Gasteiger charge is 2.55. The minimum atomic E-state index is -3.41. The Morgan fingerprint density at radius 2 is 0.984 bits per heavy atom. The molecule has 0 bridgehead atoms. The molecule has 13 rings (SSSR count). The number of thiophene rings is 1. The molecular formula is C55H35N2OPS2. The highest BCUT2D eigenvalue weighted by atomic mass is 32.2. The van der Waals surface area contributed by atoms with Crippen molar-refractivity contribution in [1.82, 2.24) is 0 Å². The summed E-state index contributed by atoms with van der Waals surface area (Å²) in [6.07, 6.45) is 0. The molecule has 0 amide bonds. The van der Waals surface area contributed by atoms with Gasteiger partial charge in [0.05, 0.1) is 28.2 Å². The molecule has 3 aliphatic heterocycles. The summed E-state index contributed by atoms with van der Waals surface area (Å²) in [6, 6.07) is 76.4. The Kier molecular flexibility index (Phi) is 7.60. The van der Waals surface area contributed by atoms with Crippen molar-refractivity contribution in [3.8, 4) is 0 Å². The van der Waals surface area contributed by atoms with Crippen LogP contribution < -0.4 is 25.7 Å². The van der Waals surface area contributed by atoms with E-state index in [1.165, 1.54) is 25.3 Å². The Morgan fingerprint density at radius 3 is 1.75 bits per heavy atom. The number of hydrogen-bond acceptors (Lipinski definition) is 5. The largest absolute Gasteiger partial charge is 0.310 e. The number of fused-ring (bicyclic) bond motifs is 13. The average Bonchev–Trinajstić information content (AvgIpc) is 3.70. The van der Waals surface area contributed by atoms with E-state index < -0.39 is 12.6 Å². The third kappa shape index (κ3) is 4.80. The molecule has 1 aromatic heterocycles. The topological polar surface area (TPSA) is 23.6 Å². The molecule has 10 aromatic rings. The first-order valence-electron chi connectivity index (χ1n) is 20.6. The predicted octanol–water partition coefficient (Wildman–Crippen LogP) is 14.1. The fraction of sp³-hybridized carbons (Fsp3) is 0.0182. The van der Waals surface area contributed by atoms with Crippen LogP contribution in [0.2, 0.25) is 0 Å². The van der Waals surface area contributed by atoms with Gasteiger partial charge >= 0.3 is 0 Å². The summed E-state index contributed by atoms with van der Waals surface area (Å²) in [6.45, 7) is 0. The van der Waals surface area contributed by atoms with E-state index in [1.54, 1.807) is 11.3 Å². The molecule has 9 aromatic carbocycles. The van der Waals surface area contributed by atoms with Gasteiger partial charge in [-0.15, -0.1) is 11.3 Å². The molecule has 61 heavy (non-hydrogen) atoms. The fourth-order valence-electron chi connectivity index (χ4n) is 10.4. The summed E-state index contributed by atoms with van der Waals surface area (Å²) in [5.74, 6) is 0. The van der Waals surface area contributed by atoms with E-state index in [4.69, 9.17) is 0 Å². The maximum Gasteiger partial charge on any atom is 0.171 e. The van der Waals surface area contributed by atoms with Gasteiger partial charge in [-0.3, -0.25) is 0 Å². The van der Waals surface area contributed by atoms with Crippen molar-refractivity contribution in [3.05, 3.63) is 235 Å². The number of anilines is 6. The zero-order valence-electron chi connectivity index (χ0n) is 32.8. The van der Waals surface area contributed by atoms with Crippen molar-refractivity contribution in [1.29, 1.82) is 0 Å². The van der Waals surface area contributed by atoms with E-state index in [2.05, 4.69) is 204 Å². The molecule has 3 nitrogen and oxygen atoms in total. The maximum absolute atomic E-state index is 16.8. The van der Waals surface area contributed by atoms with Crippen molar-refractivity contribution < 1.29 is 4.57 Å². The van der Waals surface area contributed by atoms with E-state index in [9.17, 15) is 0 Å². The van der Waals surface area contributed by atoms with Crippen LogP contribution in [0.5, 0.6) is 0 Å². The zero-order valence-corrected chi connectivity index (χ0v) is 35.3. The van der Waals surface area contributed by atoms with Crippen LogP contribution in [0.25, 0.3) is 20.2 Å². The smallest absolute Gasteiger partial charge is 0.171 e. The summed E-state index contributed by atoms with van der Waals surface area (Å²) in [5, 5.41) is 5.07. The molecule has 0 saturated heterocycles. The first kappa shape index (κ1) is 35.2. The van der Waals surface area contributed by atoms with Crippen molar-refractivity contribution >= 4 is 100 Å². The van der Waals surface area contributed by atoms with Crippen molar-refractivity contribution in [2.75, 3.05) is 9.80 Å². The van der Waals surface area contributed by atoms with Crippen LogP contribution in [0.1, 0.15) is 22.3 Å². The van der Waals surface area contributed by atoms with Gasteiger partial charge in [-0.05, 0) is 95.1 Å². The predicted molar refractivity (Wildman–Crippen MR) is 258 cm³/mol. The molecule has 4 heterocycles. The summed E-state index contributed by atoms with van der Waals surface area (Å²) < 4.78 is 19.1. The van der Waals surface area contributed by atoms with E-state index in [1.807, 2.05) is 30.0 Å². The monoisotopic (exact) mass is 834 g/mol. The Hall–Kier alpha value is -6.62. The first-order chi connectivity index (χ1) is 30.1. The van der Waals surface area contributed by atoms with Gasteiger partial charge in [-0.2, -0.15) is 0 Å². The molecule has 0 saturated carbocycles. The quantitative estimate of drug-likeness (QED) is 0.165. The molecule has 6 heteroatoms. The number of hydrogen-bond donors (Lipinski definition) is 0. The van der Waals surface area contributed by atoms with Crippen LogP contribution in [0.3, 0.4) is 0 Å². The van der Waals surface area contributed by atoms with Crippen molar-refractivity contribution in [2.24, 2.45) is 0 Å². The first-order valence-corrected chi connectivity index (χ1v) is 24.0. The minimum absolute atomic E-state index is 0.824. The SMILES string of the molecule is O=P1(c2ccccc2)c2ccccc2C2(c3ccccc3N(c3ccccc3)c3cc(N4c5ccccc5Sc5ccccc54)ccc32)c2cc3c(cc21)sc1ccccc13. The van der Waals surface area contributed by atoms with Crippen molar-refractivity contribution in [3.63, 3.8) is 0 Å². The summed E-state index contributed by atoms with van der Waals surface area (Å²) in [7, 11) is -3.41. The Balaban J connectivity index is 1.19. The van der Waals surface area contributed by atoms with Crippen LogP contribution in [0.15, 0.2) is 222 Å². The van der Waals surface area contributed by atoms with Crippen LogP contribution in [-0.2, 0) is 9.98 Å². The van der Waals surface area contributed by atoms with Crippen LogP contribution >= 0.6 is 30.2 Å². The van der Waals surface area contributed by atoms with Gasteiger partial charge in [0.15, 0.2) is 7.14 Å². The summed E-state index contributed by atoms with van der Waals surface area (Å²) in [4.78, 5) is 7.31. The van der Waals surface area contributed by atoms with Crippen molar-refractivity contribution in [2.45, 2.75) is 15.2 Å². The van der Waals surface area contributed by atoms with E-state index >= 15 is 4.57 Å². The maximum atomic E-state index is 16.8. The standard InChI is InChI=1S/C55H35N2OPS2/c58-59(38-19-5-2-6-20-38)49-27-13-9-23-43(49)55(44-34-40-39-21-7-14-28-51(39)60-54(40)35-50(44)59)41-22-8-10-24-45(41)56(36-17-3-1-4-18-36)48-33-37(31-32-42(48)55)57-46-25-11-15-29-52(46)61-53-30-16-12-26-47(53)57/h1-35H. The molecular weight excluding hydrogens is 800 g/mol. The van der Waals surface area contributed by atoms with E-state index in [0.717, 1.165) is 77.0 Å². The minimum Gasteiger partial charge on any atom is -0.310 e. The lowest BCUT2D eigenvalue weighted by atomic mass is 9.62. The molecule has 0 aliphatic carbocycles. The second-order valence-electron chi connectivity index (χ2n) is 15.9. The second-order valence-corrected chi connectivity index (χ2v) is 20.8.